The number of halogens is 2. The molecule has 196 valence electrons. The van der Waals surface area contributed by atoms with Crippen molar-refractivity contribution < 1.29 is 23.1 Å². The van der Waals surface area contributed by atoms with Gasteiger partial charge in [-0.3, -0.25) is 9.59 Å². The lowest BCUT2D eigenvalue weighted by atomic mass is 9.72. The number of rotatable bonds is 4. The van der Waals surface area contributed by atoms with E-state index in [1.165, 1.54) is 24.3 Å². The molecule has 7 nitrogen and oxygen atoms in total. The molecule has 0 radical (unpaired) electrons. The van der Waals surface area contributed by atoms with Gasteiger partial charge in [0.1, 0.15) is 11.6 Å². The average molecular weight is 519 g/mol. The first-order chi connectivity index (χ1) is 18.4. The summed E-state index contributed by atoms with van der Waals surface area (Å²) in [6, 6.07) is 12.1. The van der Waals surface area contributed by atoms with Gasteiger partial charge in [-0.2, -0.15) is 0 Å². The molecule has 4 heterocycles. The van der Waals surface area contributed by atoms with Crippen LogP contribution in [0.3, 0.4) is 0 Å². The number of likely N-dealkylation sites (tertiary alicyclic amines) is 1. The highest BCUT2D eigenvalue weighted by atomic mass is 19.1. The first-order valence-electron chi connectivity index (χ1n) is 12.9. The molecule has 2 N–H and O–H groups in total. The Morgan fingerprint density at radius 2 is 1.66 bits per heavy atom. The van der Waals surface area contributed by atoms with Crippen LogP contribution in [-0.4, -0.2) is 48.0 Å². The summed E-state index contributed by atoms with van der Waals surface area (Å²) >= 11 is 0. The second-order valence-corrected chi connectivity index (χ2v) is 10.3. The number of nitrogens with zero attached hydrogens (tertiary/aromatic N) is 2. The second kappa shape index (κ2) is 9.79. The van der Waals surface area contributed by atoms with Crippen molar-refractivity contribution >= 4 is 23.2 Å². The molecule has 0 unspecified atom stereocenters. The lowest BCUT2D eigenvalue weighted by Gasteiger charge is -2.44. The van der Waals surface area contributed by atoms with E-state index in [1.807, 2.05) is 4.90 Å². The number of fused-ring (bicyclic) bond motifs is 1. The molecular weight excluding hydrogens is 490 g/mol. The number of hydrogen-bond donors (Lipinski definition) is 2. The average Bonchev–Trinajstić information content (AvgIpc) is 3.30. The van der Waals surface area contributed by atoms with Gasteiger partial charge in [-0.1, -0.05) is 6.07 Å². The summed E-state index contributed by atoms with van der Waals surface area (Å²) in [6.07, 6.45) is 4.14. The van der Waals surface area contributed by atoms with Gasteiger partial charge in [-0.05, 0) is 73.6 Å². The predicted octanol–water partition coefficient (Wildman–Crippen LogP) is 5.05. The summed E-state index contributed by atoms with van der Waals surface area (Å²) in [7, 11) is 0. The highest BCUT2D eigenvalue weighted by Gasteiger charge is 2.37. The van der Waals surface area contributed by atoms with E-state index in [1.54, 1.807) is 24.3 Å². The van der Waals surface area contributed by atoms with Crippen LogP contribution in [0.15, 0.2) is 48.5 Å². The number of piperidine rings is 1. The Morgan fingerprint density at radius 1 is 0.974 bits per heavy atom. The molecule has 0 atom stereocenters. The predicted molar refractivity (Wildman–Crippen MR) is 138 cm³/mol. The highest BCUT2D eigenvalue weighted by molar-refractivity contribution is 6.04. The number of hydrogen-bond acceptors (Lipinski definition) is 5. The van der Waals surface area contributed by atoms with Crippen LogP contribution in [0, 0.1) is 17.0 Å². The van der Waals surface area contributed by atoms with Gasteiger partial charge in [0, 0.05) is 37.6 Å². The SMILES string of the molecule is O=C1NCc2nc(-c3c(F)cccc3F)cc(Nc3ccc(C(=O)N4CCC5(CCOCC5)CC4)cc3)c21. The lowest BCUT2D eigenvalue weighted by Crippen LogP contribution is -2.45. The van der Waals surface area contributed by atoms with Gasteiger partial charge in [0.2, 0.25) is 0 Å². The fraction of sp³-hybridized carbons (Fsp3) is 0.345. The molecule has 3 aliphatic rings. The van der Waals surface area contributed by atoms with Crippen molar-refractivity contribution in [2.45, 2.75) is 32.2 Å². The zero-order valence-electron chi connectivity index (χ0n) is 20.9. The van der Waals surface area contributed by atoms with E-state index in [2.05, 4.69) is 15.6 Å². The van der Waals surface area contributed by atoms with Gasteiger partial charge in [-0.15, -0.1) is 0 Å². The Morgan fingerprint density at radius 3 is 2.34 bits per heavy atom. The fourth-order valence-electron chi connectivity index (χ4n) is 5.72. The lowest BCUT2D eigenvalue weighted by molar-refractivity contribution is -0.0175. The smallest absolute Gasteiger partial charge is 0.255 e. The van der Waals surface area contributed by atoms with Crippen molar-refractivity contribution in [2.24, 2.45) is 5.41 Å². The fourth-order valence-corrected chi connectivity index (χ4v) is 5.72. The third-order valence-corrected chi connectivity index (χ3v) is 8.03. The molecule has 0 aliphatic carbocycles. The zero-order valence-corrected chi connectivity index (χ0v) is 20.9. The Bertz CT molecular complexity index is 1370. The normalized spacial score (nSPS) is 18.3. The number of carbonyl (C=O) groups excluding carboxylic acids is 2. The molecule has 1 spiro atoms. The second-order valence-electron chi connectivity index (χ2n) is 10.3. The van der Waals surface area contributed by atoms with E-state index >= 15 is 0 Å². The molecule has 2 fully saturated rings. The molecule has 2 saturated heterocycles. The minimum atomic E-state index is -0.732. The van der Waals surface area contributed by atoms with Crippen LogP contribution in [0.1, 0.15) is 52.1 Å². The monoisotopic (exact) mass is 518 g/mol. The molecule has 38 heavy (non-hydrogen) atoms. The third kappa shape index (κ3) is 4.51. The molecule has 2 aromatic carbocycles. The first kappa shape index (κ1) is 24.5. The van der Waals surface area contributed by atoms with E-state index in [4.69, 9.17) is 4.74 Å². The summed E-state index contributed by atoms with van der Waals surface area (Å²) in [6.45, 7) is 3.27. The molecule has 9 heteroatoms. The van der Waals surface area contributed by atoms with Crippen molar-refractivity contribution in [2.75, 3.05) is 31.6 Å². The van der Waals surface area contributed by atoms with Crippen molar-refractivity contribution in [1.29, 1.82) is 0 Å². The van der Waals surface area contributed by atoms with Crippen molar-refractivity contribution in [3.05, 3.63) is 77.0 Å². The largest absolute Gasteiger partial charge is 0.381 e. The van der Waals surface area contributed by atoms with Crippen LogP contribution in [0.25, 0.3) is 11.3 Å². The minimum absolute atomic E-state index is 0.0000424. The maximum Gasteiger partial charge on any atom is 0.255 e. The Hall–Kier alpha value is -3.85. The maximum absolute atomic E-state index is 14.5. The molecule has 1 aromatic heterocycles. The molecule has 0 bridgehead atoms. The first-order valence-corrected chi connectivity index (χ1v) is 12.9. The molecule has 2 amide bonds. The summed E-state index contributed by atoms with van der Waals surface area (Å²) in [4.78, 5) is 31.9. The van der Waals surface area contributed by atoms with Crippen molar-refractivity contribution in [3.8, 4) is 11.3 Å². The van der Waals surface area contributed by atoms with Gasteiger partial charge >= 0.3 is 0 Å². The Balaban J connectivity index is 1.21. The van der Waals surface area contributed by atoms with Crippen molar-refractivity contribution in [3.63, 3.8) is 0 Å². The van der Waals surface area contributed by atoms with Crippen LogP contribution in [-0.2, 0) is 11.3 Å². The maximum atomic E-state index is 14.5. The van der Waals surface area contributed by atoms with Crippen molar-refractivity contribution in [1.82, 2.24) is 15.2 Å². The molecule has 3 aliphatic heterocycles. The number of anilines is 2. The standard InChI is InChI=1S/C29H28F2N4O3/c30-20-2-1-3-21(31)25(20)22-16-23(26-24(34-22)17-32-27(26)36)33-19-6-4-18(5-7-19)28(37)35-12-8-29(9-13-35)10-14-38-15-11-29/h1-7,16H,8-15,17H2,(H,32,36)(H,33,34). The zero-order chi connectivity index (χ0) is 26.3. The summed E-state index contributed by atoms with van der Waals surface area (Å²) < 4.78 is 34.5. The number of benzene rings is 2. The Labute approximate surface area is 219 Å². The van der Waals surface area contributed by atoms with Gasteiger partial charge in [-0.25, -0.2) is 13.8 Å². The summed E-state index contributed by atoms with van der Waals surface area (Å²) in [5.41, 5.74) is 2.52. The highest BCUT2D eigenvalue weighted by Crippen LogP contribution is 2.41. The summed E-state index contributed by atoms with van der Waals surface area (Å²) in [5, 5.41) is 5.90. The number of pyridine rings is 1. The number of carbonyl (C=O) groups is 2. The van der Waals surface area contributed by atoms with Crippen LogP contribution < -0.4 is 10.6 Å². The van der Waals surface area contributed by atoms with Gasteiger partial charge in [0.15, 0.2) is 0 Å². The van der Waals surface area contributed by atoms with Gasteiger partial charge < -0.3 is 20.3 Å². The van der Waals surface area contributed by atoms with E-state index < -0.39 is 11.6 Å². The molecule has 0 saturated carbocycles. The van der Waals surface area contributed by atoms with E-state index in [0.29, 0.717) is 33.6 Å². The van der Waals surface area contributed by atoms with Crippen LogP contribution in [0.5, 0.6) is 0 Å². The van der Waals surface area contributed by atoms with E-state index in [0.717, 1.165) is 52.0 Å². The molecule has 3 aromatic rings. The topological polar surface area (TPSA) is 83.6 Å². The third-order valence-electron chi connectivity index (χ3n) is 8.03. The quantitative estimate of drug-likeness (QED) is 0.505. The number of aromatic nitrogens is 1. The molecule has 6 rings (SSSR count). The number of nitrogens with one attached hydrogen (secondary N) is 2. The molecular formula is C29H28F2N4O3. The van der Waals surface area contributed by atoms with Gasteiger partial charge in [0.05, 0.1) is 34.7 Å². The van der Waals surface area contributed by atoms with Crippen LogP contribution in [0.4, 0.5) is 20.2 Å². The number of amides is 2. The number of ether oxygens (including phenoxy) is 1. The van der Waals surface area contributed by atoms with E-state index in [-0.39, 0.29) is 29.6 Å². The minimum Gasteiger partial charge on any atom is -0.381 e. The van der Waals surface area contributed by atoms with E-state index in [9.17, 15) is 18.4 Å². The van der Waals surface area contributed by atoms with Crippen LogP contribution >= 0.6 is 0 Å². The Kier molecular flexibility index (Phi) is 6.31. The summed E-state index contributed by atoms with van der Waals surface area (Å²) in [5.74, 6) is -1.78. The van der Waals surface area contributed by atoms with Crippen LogP contribution in [0.2, 0.25) is 0 Å². The van der Waals surface area contributed by atoms with Gasteiger partial charge in [0.25, 0.3) is 11.8 Å².